The number of anilines is 1. The van der Waals surface area contributed by atoms with Crippen LogP contribution in [0.1, 0.15) is 28.8 Å². The number of carbonyl (C=O) groups excluding carboxylic acids is 3. The second-order valence-corrected chi connectivity index (χ2v) is 9.79. The van der Waals surface area contributed by atoms with Gasteiger partial charge in [0.2, 0.25) is 0 Å². The number of pyridine rings is 1. The summed E-state index contributed by atoms with van der Waals surface area (Å²) in [7, 11) is 0. The van der Waals surface area contributed by atoms with Crippen LogP contribution < -0.4 is 10.3 Å². The fraction of sp³-hybridized carbons (Fsp3) is 0.391. The number of urea groups is 1. The van der Waals surface area contributed by atoms with E-state index in [4.69, 9.17) is 4.74 Å². The van der Waals surface area contributed by atoms with Gasteiger partial charge in [-0.2, -0.15) is 13.2 Å². The molecule has 1 N–H and O–H groups in total. The topological polar surface area (TPSA) is 95.1 Å². The van der Waals surface area contributed by atoms with Crippen molar-refractivity contribution in [3.63, 3.8) is 0 Å². The molecule has 2 aromatic rings. The van der Waals surface area contributed by atoms with Crippen molar-refractivity contribution in [3.05, 3.63) is 53.9 Å². The molecule has 0 bridgehead atoms. The average molecular weight is 522 g/mol. The molecule has 4 amide bonds. The summed E-state index contributed by atoms with van der Waals surface area (Å²) in [6.45, 7) is 2.09. The summed E-state index contributed by atoms with van der Waals surface area (Å²) in [4.78, 5) is 46.1. The van der Waals surface area contributed by atoms with Gasteiger partial charge in [-0.25, -0.2) is 14.7 Å². The number of amides is 4. The maximum atomic E-state index is 13.4. The van der Waals surface area contributed by atoms with Gasteiger partial charge in [-0.1, -0.05) is 0 Å². The highest BCUT2D eigenvalue weighted by Gasteiger charge is 2.65. The Balaban J connectivity index is 1.36. The molecule has 2 aliphatic heterocycles. The number of thioether (sulfide) groups is 1. The zero-order chi connectivity index (χ0) is 25.5. The minimum Gasteiger partial charge on any atom is -0.379 e. The van der Waals surface area contributed by atoms with Gasteiger partial charge < -0.3 is 9.64 Å². The van der Waals surface area contributed by atoms with Crippen LogP contribution in [0.2, 0.25) is 0 Å². The Morgan fingerprint density at radius 1 is 1.11 bits per heavy atom. The summed E-state index contributed by atoms with van der Waals surface area (Å²) < 4.78 is 43.2. The molecule has 0 radical (unpaired) electrons. The molecule has 13 heteroatoms. The van der Waals surface area contributed by atoms with Crippen molar-refractivity contribution in [1.29, 1.82) is 0 Å². The number of nitrogens with one attached hydrogen (secondary N) is 1. The van der Waals surface area contributed by atoms with Gasteiger partial charge in [0.15, 0.2) is 0 Å². The van der Waals surface area contributed by atoms with Gasteiger partial charge in [0, 0.05) is 36.9 Å². The lowest BCUT2D eigenvalue weighted by Gasteiger charge is -2.27. The molecule has 1 spiro atoms. The van der Waals surface area contributed by atoms with E-state index < -0.39 is 23.0 Å². The number of nitrogens with zero attached hydrogens (tertiary/aromatic N) is 4. The first kappa shape index (κ1) is 24.5. The van der Waals surface area contributed by atoms with Gasteiger partial charge in [-0.3, -0.25) is 20.0 Å². The van der Waals surface area contributed by atoms with E-state index in [2.05, 4.69) is 10.4 Å². The number of hydrazine groups is 1. The maximum absolute atomic E-state index is 13.4. The van der Waals surface area contributed by atoms with Crippen LogP contribution in [0.25, 0.3) is 0 Å². The molecular weight excluding hydrogens is 499 g/mol. The lowest BCUT2D eigenvalue weighted by Crippen LogP contribution is -2.48. The van der Waals surface area contributed by atoms with Crippen LogP contribution in [-0.2, 0) is 16.1 Å². The number of imide groups is 1. The number of carbonyl (C=O) groups is 3. The minimum atomic E-state index is -4.44. The Bertz CT molecular complexity index is 1180. The van der Waals surface area contributed by atoms with E-state index in [1.54, 1.807) is 11.1 Å². The summed E-state index contributed by atoms with van der Waals surface area (Å²) in [6.07, 6.45) is 3.87. The fourth-order valence-electron chi connectivity index (χ4n) is 4.37. The van der Waals surface area contributed by atoms with Crippen molar-refractivity contribution in [2.75, 3.05) is 31.2 Å². The second-order valence-electron chi connectivity index (χ2n) is 8.66. The Kier molecular flexibility index (Phi) is 6.39. The van der Waals surface area contributed by atoms with Crippen molar-refractivity contribution in [2.24, 2.45) is 0 Å². The lowest BCUT2D eigenvalue weighted by atomic mass is 10.1. The van der Waals surface area contributed by atoms with Crippen molar-refractivity contribution in [1.82, 2.24) is 20.3 Å². The molecular formula is C23H22F3N5O4S. The highest BCUT2D eigenvalue weighted by molar-refractivity contribution is 8.00. The molecule has 0 atom stereocenters. The molecule has 190 valence electrons. The van der Waals surface area contributed by atoms with Crippen LogP contribution in [0, 0.1) is 0 Å². The molecule has 3 heterocycles. The van der Waals surface area contributed by atoms with Gasteiger partial charge in [-0.15, -0.1) is 0 Å². The number of hydrogen-bond donors (Lipinski definition) is 1. The highest BCUT2D eigenvalue weighted by atomic mass is 32.2. The average Bonchev–Trinajstić information content (AvgIpc) is 3.62. The number of alkyl halides is 3. The third kappa shape index (κ3) is 4.77. The molecule has 36 heavy (non-hydrogen) atoms. The van der Waals surface area contributed by atoms with E-state index in [1.807, 2.05) is 0 Å². The summed E-state index contributed by atoms with van der Waals surface area (Å²) in [6, 6.07) is 6.17. The monoisotopic (exact) mass is 521 g/mol. The lowest BCUT2D eigenvalue weighted by molar-refractivity contribution is -0.120. The van der Waals surface area contributed by atoms with Crippen molar-refractivity contribution < 1.29 is 32.3 Å². The van der Waals surface area contributed by atoms with Crippen LogP contribution in [-0.4, -0.2) is 70.1 Å². The van der Waals surface area contributed by atoms with Crippen molar-refractivity contribution >= 4 is 35.3 Å². The standard InChI is InChI=1S/C23H22F3N5O4S/c24-23(25,26)36-17-3-1-16(2-4-17)31-20(33)22(6-7-22)30(21(31)34)14-15-5-8-27-13-18(15)19(32)28-29-9-11-35-12-10-29/h1-5,8,13H,6-7,9-12,14H2,(H,28,32). The zero-order valence-electron chi connectivity index (χ0n) is 19.0. The van der Waals surface area contributed by atoms with Gasteiger partial charge >= 0.3 is 11.5 Å². The number of morpholine rings is 1. The minimum absolute atomic E-state index is 0.0114. The Labute approximate surface area is 208 Å². The smallest absolute Gasteiger partial charge is 0.379 e. The summed E-state index contributed by atoms with van der Waals surface area (Å²) in [5, 5.41) is 1.75. The first-order valence-corrected chi connectivity index (χ1v) is 12.1. The SMILES string of the molecule is O=C(NN1CCOCC1)c1cnccc1CN1C(=O)N(c2ccc(SC(F)(F)F)cc2)C(=O)C12CC2. The van der Waals surface area contributed by atoms with Crippen LogP contribution in [0.4, 0.5) is 23.7 Å². The quantitative estimate of drug-likeness (QED) is 0.461. The number of rotatable bonds is 6. The summed E-state index contributed by atoms with van der Waals surface area (Å²) >= 11 is -0.268. The summed E-state index contributed by atoms with van der Waals surface area (Å²) in [5.41, 5.74) is -1.62. The second kappa shape index (κ2) is 9.37. The number of halogens is 3. The van der Waals surface area contributed by atoms with Gasteiger partial charge in [0.25, 0.3) is 11.8 Å². The van der Waals surface area contributed by atoms with Gasteiger partial charge in [0.05, 0.1) is 24.5 Å². The normalized spacial score (nSPS) is 19.8. The number of hydrogen-bond acceptors (Lipinski definition) is 7. The first-order valence-electron chi connectivity index (χ1n) is 11.3. The Morgan fingerprint density at radius 2 is 1.81 bits per heavy atom. The molecule has 5 rings (SSSR count). The van der Waals surface area contributed by atoms with E-state index >= 15 is 0 Å². The van der Waals surface area contributed by atoms with E-state index in [9.17, 15) is 27.6 Å². The Hall–Kier alpha value is -3.16. The third-order valence-electron chi connectivity index (χ3n) is 6.35. The van der Waals surface area contributed by atoms with E-state index in [-0.39, 0.29) is 40.4 Å². The molecule has 1 aliphatic carbocycles. The molecule has 3 aliphatic rings. The van der Waals surface area contributed by atoms with Crippen molar-refractivity contribution in [3.8, 4) is 0 Å². The molecule has 3 fully saturated rings. The van der Waals surface area contributed by atoms with Gasteiger partial charge in [-0.05, 0) is 60.5 Å². The number of benzene rings is 1. The molecule has 0 unspecified atom stereocenters. The van der Waals surface area contributed by atoms with Gasteiger partial charge in [0.1, 0.15) is 5.54 Å². The maximum Gasteiger partial charge on any atom is 0.446 e. The third-order valence-corrected chi connectivity index (χ3v) is 7.09. The van der Waals surface area contributed by atoms with E-state index in [1.165, 1.54) is 41.6 Å². The van der Waals surface area contributed by atoms with Crippen molar-refractivity contribution in [2.45, 2.75) is 35.3 Å². The van der Waals surface area contributed by atoms with E-state index in [0.29, 0.717) is 44.7 Å². The predicted octanol–water partition coefficient (Wildman–Crippen LogP) is 3.17. The van der Waals surface area contributed by atoms with Crippen LogP contribution in [0.5, 0.6) is 0 Å². The largest absolute Gasteiger partial charge is 0.446 e. The summed E-state index contributed by atoms with van der Waals surface area (Å²) in [5.74, 6) is -0.797. The number of ether oxygens (including phenoxy) is 1. The number of aromatic nitrogens is 1. The first-order chi connectivity index (χ1) is 17.2. The molecule has 9 nitrogen and oxygen atoms in total. The molecule has 2 saturated heterocycles. The van der Waals surface area contributed by atoms with E-state index in [0.717, 1.165) is 4.90 Å². The molecule has 1 aromatic heterocycles. The Morgan fingerprint density at radius 3 is 2.44 bits per heavy atom. The van der Waals surface area contributed by atoms with Crippen LogP contribution in [0.15, 0.2) is 47.6 Å². The zero-order valence-corrected chi connectivity index (χ0v) is 19.8. The van der Waals surface area contributed by atoms with Crippen LogP contribution >= 0.6 is 11.8 Å². The molecule has 1 aromatic carbocycles. The fourth-order valence-corrected chi connectivity index (χ4v) is 4.91. The highest BCUT2D eigenvalue weighted by Crippen LogP contribution is 2.50. The predicted molar refractivity (Wildman–Crippen MR) is 123 cm³/mol. The van der Waals surface area contributed by atoms with Crippen LogP contribution in [0.3, 0.4) is 0 Å². The molecule has 1 saturated carbocycles.